The van der Waals surface area contributed by atoms with Gasteiger partial charge in [0, 0.05) is 15.8 Å². The van der Waals surface area contributed by atoms with Gasteiger partial charge in [-0.3, -0.25) is 0 Å². The molecule has 1 atom stereocenters. The molecule has 1 fully saturated rings. The fraction of sp³-hybridized carbons (Fsp3) is 0.294. The highest BCUT2D eigenvalue weighted by Crippen LogP contribution is 2.53. The number of benzene rings is 2. The van der Waals surface area contributed by atoms with E-state index in [4.69, 9.17) is 23.2 Å². The molecule has 0 aromatic heterocycles. The van der Waals surface area contributed by atoms with E-state index in [1.165, 1.54) is 24.0 Å². The molecule has 0 N–H and O–H groups in total. The second-order valence-corrected chi connectivity index (χ2v) is 6.29. The van der Waals surface area contributed by atoms with Gasteiger partial charge in [0.1, 0.15) is 0 Å². The Morgan fingerprint density at radius 3 is 2.37 bits per heavy atom. The summed E-state index contributed by atoms with van der Waals surface area (Å²) in [4.78, 5) is 0. The molecule has 0 bridgehead atoms. The summed E-state index contributed by atoms with van der Waals surface area (Å²) in [6.07, 6.45) is 3.24. The van der Waals surface area contributed by atoms with Gasteiger partial charge in [-0.25, -0.2) is 0 Å². The van der Waals surface area contributed by atoms with Crippen molar-refractivity contribution < 1.29 is 0 Å². The molecule has 0 radical (unpaired) electrons. The second-order valence-electron chi connectivity index (χ2n) is 5.32. The Morgan fingerprint density at radius 1 is 1.00 bits per heavy atom. The summed E-state index contributed by atoms with van der Waals surface area (Å²) in [7, 11) is 0. The van der Waals surface area contributed by atoms with Crippen LogP contribution in [0.1, 0.15) is 24.0 Å². The first-order valence-corrected chi connectivity index (χ1v) is 7.46. The Labute approximate surface area is 124 Å². The zero-order valence-electron chi connectivity index (χ0n) is 10.7. The summed E-state index contributed by atoms with van der Waals surface area (Å²) in [5.74, 6) is 0. The molecule has 1 aliphatic rings. The van der Waals surface area contributed by atoms with Gasteiger partial charge in [-0.2, -0.15) is 0 Å². The molecule has 1 aliphatic carbocycles. The van der Waals surface area contributed by atoms with Crippen LogP contribution in [0, 0.1) is 0 Å². The van der Waals surface area contributed by atoms with E-state index >= 15 is 0 Å². The van der Waals surface area contributed by atoms with Crippen LogP contribution in [0.3, 0.4) is 0 Å². The lowest BCUT2D eigenvalue weighted by Crippen LogP contribution is -2.23. The summed E-state index contributed by atoms with van der Waals surface area (Å²) in [5, 5.41) is 0.916. The largest absolute Gasteiger partial charge is 0.122 e. The minimum Gasteiger partial charge on any atom is -0.122 e. The Bertz CT molecular complexity index is 558. The maximum Gasteiger partial charge on any atom is 0.0473 e. The highest BCUT2D eigenvalue weighted by molar-refractivity contribution is 6.30. The van der Waals surface area contributed by atoms with Crippen molar-refractivity contribution in [2.24, 2.45) is 0 Å². The minimum atomic E-state index is 0.133. The zero-order valence-corrected chi connectivity index (χ0v) is 12.2. The molecule has 19 heavy (non-hydrogen) atoms. The maximum absolute atomic E-state index is 6.71. The van der Waals surface area contributed by atoms with Gasteiger partial charge in [-0.05, 0) is 42.5 Å². The Balaban J connectivity index is 1.79. The Kier molecular flexibility index (Phi) is 3.56. The number of rotatable bonds is 4. The van der Waals surface area contributed by atoms with Crippen molar-refractivity contribution in [3.63, 3.8) is 0 Å². The Hall–Kier alpha value is -0.980. The van der Waals surface area contributed by atoms with Crippen LogP contribution in [0.25, 0.3) is 0 Å². The average molecular weight is 291 g/mol. The zero-order chi connectivity index (χ0) is 13.3. The third-order valence-corrected chi connectivity index (χ3v) is 4.85. The maximum atomic E-state index is 6.71. The molecule has 2 heteroatoms. The van der Waals surface area contributed by atoms with Crippen molar-refractivity contribution in [1.82, 2.24) is 0 Å². The van der Waals surface area contributed by atoms with Gasteiger partial charge in [0.2, 0.25) is 0 Å². The normalized spacial score (nSPS) is 18.0. The van der Waals surface area contributed by atoms with E-state index in [9.17, 15) is 0 Å². The predicted molar refractivity (Wildman–Crippen MR) is 82.2 cm³/mol. The molecule has 0 saturated heterocycles. The van der Waals surface area contributed by atoms with Crippen LogP contribution < -0.4 is 0 Å². The minimum absolute atomic E-state index is 0.133. The monoisotopic (exact) mass is 290 g/mol. The van der Waals surface area contributed by atoms with Gasteiger partial charge in [-0.1, -0.05) is 54.1 Å². The molecule has 98 valence electrons. The van der Waals surface area contributed by atoms with E-state index in [1.807, 2.05) is 18.2 Å². The first-order valence-electron chi connectivity index (χ1n) is 6.65. The predicted octanol–water partition coefficient (Wildman–Crippen LogP) is 5.22. The fourth-order valence-electron chi connectivity index (χ4n) is 2.75. The van der Waals surface area contributed by atoms with Crippen molar-refractivity contribution in [3.05, 3.63) is 70.7 Å². The quantitative estimate of drug-likeness (QED) is 0.677. The van der Waals surface area contributed by atoms with Gasteiger partial charge >= 0.3 is 0 Å². The molecule has 0 spiro atoms. The van der Waals surface area contributed by atoms with Gasteiger partial charge in [0.15, 0.2) is 0 Å². The Morgan fingerprint density at radius 2 is 1.74 bits per heavy atom. The van der Waals surface area contributed by atoms with Crippen LogP contribution in [0.2, 0.25) is 5.02 Å². The first kappa shape index (κ1) is 13.0. The van der Waals surface area contributed by atoms with Gasteiger partial charge in [0.05, 0.1) is 0 Å². The molecular formula is C17H16Cl2. The highest BCUT2D eigenvalue weighted by Gasteiger charge is 2.49. The number of alkyl halides is 1. The smallest absolute Gasteiger partial charge is 0.0473 e. The lowest BCUT2D eigenvalue weighted by molar-refractivity contribution is 0.629. The van der Waals surface area contributed by atoms with Crippen molar-refractivity contribution >= 4 is 23.2 Å². The van der Waals surface area contributed by atoms with E-state index < -0.39 is 0 Å². The van der Waals surface area contributed by atoms with E-state index in [1.54, 1.807) is 0 Å². The highest BCUT2D eigenvalue weighted by atomic mass is 35.5. The summed E-state index contributed by atoms with van der Waals surface area (Å²) in [6, 6.07) is 18.6. The van der Waals surface area contributed by atoms with Crippen LogP contribution >= 0.6 is 23.2 Å². The third kappa shape index (κ3) is 2.66. The average Bonchev–Trinajstić information content (AvgIpc) is 3.21. The van der Waals surface area contributed by atoms with Crippen LogP contribution in [-0.4, -0.2) is 5.38 Å². The van der Waals surface area contributed by atoms with Crippen molar-refractivity contribution in [1.29, 1.82) is 0 Å². The van der Waals surface area contributed by atoms with Crippen LogP contribution in [0.15, 0.2) is 54.6 Å². The van der Waals surface area contributed by atoms with E-state index in [0.717, 1.165) is 11.4 Å². The van der Waals surface area contributed by atoms with Crippen molar-refractivity contribution in [2.45, 2.75) is 30.1 Å². The molecule has 2 aromatic carbocycles. The molecule has 0 aliphatic heterocycles. The first-order chi connectivity index (χ1) is 9.21. The van der Waals surface area contributed by atoms with Crippen molar-refractivity contribution in [2.75, 3.05) is 0 Å². The van der Waals surface area contributed by atoms with Gasteiger partial charge in [-0.15, -0.1) is 11.6 Å². The lowest BCUT2D eigenvalue weighted by atomic mass is 9.89. The van der Waals surface area contributed by atoms with Crippen LogP contribution in [0.5, 0.6) is 0 Å². The van der Waals surface area contributed by atoms with Crippen molar-refractivity contribution in [3.8, 4) is 0 Å². The van der Waals surface area contributed by atoms with E-state index in [2.05, 4.69) is 36.4 Å². The molecule has 1 saturated carbocycles. The molecular weight excluding hydrogens is 275 g/mol. The standard InChI is InChI=1S/C17H16Cl2/c18-15-8-4-5-13(11-15)12-16(19)17(9-10-17)14-6-2-1-3-7-14/h1-8,11,16H,9-10,12H2. The molecule has 0 amide bonds. The number of hydrogen-bond acceptors (Lipinski definition) is 0. The SMILES string of the molecule is Clc1cccc(CC(Cl)C2(c3ccccc3)CC2)c1. The van der Waals surface area contributed by atoms with Gasteiger partial charge < -0.3 is 0 Å². The molecule has 3 rings (SSSR count). The summed E-state index contributed by atoms with van der Waals surface area (Å²) in [5.41, 5.74) is 2.76. The second kappa shape index (κ2) is 5.19. The molecule has 2 aromatic rings. The van der Waals surface area contributed by atoms with E-state index in [0.29, 0.717) is 0 Å². The van der Waals surface area contributed by atoms with E-state index in [-0.39, 0.29) is 10.8 Å². The summed E-state index contributed by atoms with van der Waals surface area (Å²) < 4.78 is 0. The van der Waals surface area contributed by atoms with Gasteiger partial charge in [0.25, 0.3) is 0 Å². The van der Waals surface area contributed by atoms with Crippen LogP contribution in [-0.2, 0) is 11.8 Å². The fourth-order valence-corrected chi connectivity index (χ4v) is 3.49. The molecule has 1 unspecified atom stereocenters. The summed E-state index contributed by atoms with van der Waals surface area (Å²) in [6.45, 7) is 0. The number of hydrogen-bond donors (Lipinski definition) is 0. The molecule has 0 nitrogen and oxygen atoms in total. The third-order valence-electron chi connectivity index (χ3n) is 4.04. The number of halogens is 2. The molecule has 0 heterocycles. The lowest BCUT2D eigenvalue weighted by Gasteiger charge is -2.22. The topological polar surface area (TPSA) is 0 Å². The summed E-state index contributed by atoms with van der Waals surface area (Å²) >= 11 is 12.7. The van der Waals surface area contributed by atoms with Crippen LogP contribution in [0.4, 0.5) is 0 Å².